The van der Waals surface area contributed by atoms with Gasteiger partial charge in [-0.05, 0) is 48.6 Å². The van der Waals surface area contributed by atoms with Gasteiger partial charge in [0.2, 0.25) is 0 Å². The third-order valence-electron chi connectivity index (χ3n) is 4.42. The van der Waals surface area contributed by atoms with Crippen molar-refractivity contribution in [2.75, 3.05) is 11.5 Å². The largest absolute Gasteiger partial charge is 0.148 e. The summed E-state index contributed by atoms with van der Waals surface area (Å²) < 4.78 is 0. The lowest BCUT2D eigenvalue weighted by atomic mass is 9.82. The van der Waals surface area contributed by atoms with Crippen LogP contribution in [0.5, 0.6) is 0 Å². The number of rotatable bonds is 3. The molecule has 0 radical (unpaired) electrons. The minimum absolute atomic E-state index is 0.368. The molecule has 0 aromatic carbocycles. The van der Waals surface area contributed by atoms with Crippen LogP contribution in [0.3, 0.4) is 0 Å². The molecule has 0 amide bonds. The first-order chi connectivity index (χ1) is 9.43. The van der Waals surface area contributed by atoms with Gasteiger partial charge < -0.3 is 0 Å². The van der Waals surface area contributed by atoms with Crippen LogP contribution in [0.4, 0.5) is 0 Å². The lowest BCUT2D eigenvalue weighted by molar-refractivity contribution is 0.421. The molecule has 1 aliphatic carbocycles. The minimum atomic E-state index is 0.368. The van der Waals surface area contributed by atoms with Crippen molar-refractivity contribution in [2.45, 2.75) is 59.1 Å². The van der Waals surface area contributed by atoms with E-state index >= 15 is 0 Å². The molecule has 2 aliphatic rings. The van der Waals surface area contributed by atoms with Crippen molar-refractivity contribution in [3.63, 3.8) is 0 Å². The van der Waals surface area contributed by atoms with E-state index in [0.717, 1.165) is 5.25 Å². The van der Waals surface area contributed by atoms with Crippen LogP contribution in [-0.2, 0) is 10.9 Å². The number of hydrogen-bond acceptors (Lipinski definition) is 0. The molecule has 1 fully saturated rings. The highest BCUT2D eigenvalue weighted by Crippen LogP contribution is 2.40. The fourth-order valence-corrected chi connectivity index (χ4v) is 6.93. The minimum Gasteiger partial charge on any atom is -0.0808 e. The van der Waals surface area contributed by atoms with Gasteiger partial charge in [0, 0.05) is 11.0 Å². The Morgan fingerprint density at radius 3 is 2.40 bits per heavy atom. The first-order valence-electron chi connectivity index (χ1n) is 8.14. The summed E-state index contributed by atoms with van der Waals surface area (Å²) in [6, 6.07) is 0. The first-order valence-corrected chi connectivity index (χ1v) is 9.77. The van der Waals surface area contributed by atoms with Gasteiger partial charge in [0.15, 0.2) is 0 Å². The van der Waals surface area contributed by atoms with Crippen molar-refractivity contribution in [1.29, 1.82) is 0 Å². The van der Waals surface area contributed by atoms with E-state index in [1.54, 1.807) is 5.57 Å². The fourth-order valence-electron chi connectivity index (χ4n) is 3.47. The summed E-state index contributed by atoms with van der Waals surface area (Å²) in [5, 5.41) is 0.735. The first kappa shape index (κ1) is 15.9. The Morgan fingerprint density at radius 1 is 1.30 bits per heavy atom. The van der Waals surface area contributed by atoms with Crippen LogP contribution in [0.25, 0.3) is 0 Å². The van der Waals surface area contributed by atoms with Gasteiger partial charge in [-0.15, -0.1) is 0 Å². The van der Waals surface area contributed by atoms with Crippen LogP contribution in [-0.4, -0.2) is 16.8 Å². The molecule has 0 aromatic heterocycles. The maximum absolute atomic E-state index is 2.47. The fraction of sp³-hybridized carbons (Fsp3) is 0.684. The van der Waals surface area contributed by atoms with Crippen molar-refractivity contribution in [2.24, 2.45) is 11.3 Å². The van der Waals surface area contributed by atoms with Crippen LogP contribution in [0, 0.1) is 11.3 Å². The SMILES string of the molecule is C/C=C(\C1=CCC(C)C=C1)C([S+]1CCCC1)C(C)(C)C. The average Bonchev–Trinajstić information content (AvgIpc) is 2.89. The molecular formula is C19H31S+. The molecule has 0 spiro atoms. The summed E-state index contributed by atoms with van der Waals surface area (Å²) in [6.45, 7) is 11.8. The van der Waals surface area contributed by atoms with Gasteiger partial charge in [0.1, 0.15) is 16.8 Å². The maximum Gasteiger partial charge on any atom is 0.148 e. The summed E-state index contributed by atoms with van der Waals surface area (Å²) in [4.78, 5) is 0. The van der Waals surface area contributed by atoms with Gasteiger partial charge in [0.05, 0.1) is 0 Å². The van der Waals surface area contributed by atoms with Crippen LogP contribution in [0.1, 0.15) is 53.9 Å². The van der Waals surface area contributed by atoms with Crippen LogP contribution in [0.15, 0.2) is 35.5 Å². The van der Waals surface area contributed by atoms with Crippen LogP contribution < -0.4 is 0 Å². The Balaban J connectivity index is 2.29. The predicted octanol–water partition coefficient (Wildman–Crippen LogP) is 5.28. The normalized spacial score (nSPS) is 26.8. The smallest absolute Gasteiger partial charge is 0.0808 e. The number of hydrogen-bond donors (Lipinski definition) is 0. The van der Waals surface area contributed by atoms with Crippen LogP contribution in [0.2, 0.25) is 0 Å². The maximum atomic E-state index is 2.47. The van der Waals surface area contributed by atoms with Gasteiger partial charge in [-0.1, -0.05) is 52.0 Å². The Labute approximate surface area is 128 Å². The molecule has 1 aliphatic heterocycles. The standard InChI is InChI=1S/C19H31S/c1-6-17(16-11-9-15(2)10-12-16)18(19(3,4)5)20-13-7-8-14-20/h6,9,11-12,15,18H,7-8,10,13-14H2,1-5H3/q+1/b17-6+. The third-order valence-corrected chi connectivity index (χ3v) is 7.68. The molecular weight excluding hydrogens is 260 g/mol. The summed E-state index contributed by atoms with van der Waals surface area (Å²) in [5.74, 6) is 3.61. The third kappa shape index (κ3) is 3.61. The Morgan fingerprint density at radius 2 is 1.95 bits per heavy atom. The molecule has 1 saturated heterocycles. The molecule has 2 atom stereocenters. The topological polar surface area (TPSA) is 0 Å². The van der Waals surface area contributed by atoms with Crippen LogP contribution >= 0.6 is 0 Å². The summed E-state index contributed by atoms with van der Waals surface area (Å²) in [5.41, 5.74) is 3.49. The highest BCUT2D eigenvalue weighted by molar-refractivity contribution is 7.97. The van der Waals surface area contributed by atoms with E-state index in [1.165, 1.54) is 36.3 Å². The zero-order chi connectivity index (χ0) is 14.8. The predicted molar refractivity (Wildman–Crippen MR) is 94.3 cm³/mol. The Bertz CT molecular complexity index is 414. The second-order valence-corrected chi connectivity index (χ2v) is 9.74. The van der Waals surface area contributed by atoms with E-state index in [9.17, 15) is 0 Å². The van der Waals surface area contributed by atoms with Gasteiger partial charge >= 0.3 is 0 Å². The van der Waals surface area contributed by atoms with Gasteiger partial charge in [0.25, 0.3) is 0 Å². The molecule has 2 rings (SSSR count). The van der Waals surface area contributed by atoms with Gasteiger partial charge in [-0.2, -0.15) is 0 Å². The quantitative estimate of drug-likeness (QED) is 0.620. The lowest BCUT2D eigenvalue weighted by Gasteiger charge is -2.32. The van der Waals surface area contributed by atoms with E-state index in [-0.39, 0.29) is 0 Å². The van der Waals surface area contributed by atoms with E-state index in [2.05, 4.69) is 58.9 Å². The molecule has 1 heterocycles. The summed E-state index contributed by atoms with van der Waals surface area (Å²) in [6.07, 6.45) is 13.7. The van der Waals surface area contributed by atoms with E-state index in [4.69, 9.17) is 0 Å². The van der Waals surface area contributed by atoms with Crippen molar-refractivity contribution in [1.82, 2.24) is 0 Å². The monoisotopic (exact) mass is 291 g/mol. The highest BCUT2D eigenvalue weighted by atomic mass is 32.2. The zero-order valence-corrected chi connectivity index (χ0v) is 14.7. The molecule has 0 bridgehead atoms. The van der Waals surface area contributed by atoms with Crippen molar-refractivity contribution >= 4 is 10.9 Å². The van der Waals surface area contributed by atoms with Gasteiger partial charge in [-0.25, -0.2) is 0 Å². The average molecular weight is 292 g/mol. The molecule has 0 aromatic rings. The zero-order valence-electron chi connectivity index (χ0n) is 13.9. The second-order valence-electron chi connectivity index (χ2n) is 7.37. The lowest BCUT2D eigenvalue weighted by Crippen LogP contribution is -2.38. The van der Waals surface area contributed by atoms with Crippen molar-refractivity contribution in [3.05, 3.63) is 35.5 Å². The summed E-state index contributed by atoms with van der Waals surface area (Å²) in [7, 11) is 0.582. The van der Waals surface area contributed by atoms with E-state index < -0.39 is 0 Å². The molecule has 2 unspecified atom stereocenters. The molecule has 0 N–H and O–H groups in total. The molecule has 112 valence electrons. The Hall–Kier alpha value is -0.430. The van der Waals surface area contributed by atoms with Crippen molar-refractivity contribution in [3.8, 4) is 0 Å². The van der Waals surface area contributed by atoms with E-state index in [0.29, 0.717) is 22.2 Å². The second kappa shape index (κ2) is 6.56. The molecule has 20 heavy (non-hydrogen) atoms. The summed E-state index contributed by atoms with van der Waals surface area (Å²) >= 11 is 0. The molecule has 0 nitrogen and oxygen atoms in total. The molecule has 0 saturated carbocycles. The molecule has 1 heteroatoms. The van der Waals surface area contributed by atoms with Crippen molar-refractivity contribution < 1.29 is 0 Å². The van der Waals surface area contributed by atoms with E-state index in [1.807, 2.05) is 0 Å². The van der Waals surface area contributed by atoms with Gasteiger partial charge in [-0.3, -0.25) is 0 Å². The Kier molecular flexibility index (Phi) is 5.23. The number of allylic oxidation sites excluding steroid dienone is 5. The highest BCUT2D eigenvalue weighted by Gasteiger charge is 2.44.